The third kappa shape index (κ3) is 3.61. The number of fused-ring (bicyclic) bond motifs is 1. The molecule has 0 radical (unpaired) electrons. The molecule has 3 N–H and O–H groups in total. The number of carbonyl (C=O) groups excluding carboxylic acids is 2. The summed E-state index contributed by atoms with van der Waals surface area (Å²) in [5.41, 5.74) is -0.890. The van der Waals surface area contributed by atoms with Crippen LogP contribution >= 0.6 is 0 Å². The summed E-state index contributed by atoms with van der Waals surface area (Å²) in [6.07, 6.45) is 3.16. The third-order valence-electron chi connectivity index (χ3n) is 4.73. The molecule has 1 aromatic heterocycles. The van der Waals surface area contributed by atoms with Crippen molar-refractivity contribution in [2.45, 2.75) is 18.4 Å². The van der Waals surface area contributed by atoms with E-state index in [1.807, 2.05) is 0 Å². The molecule has 1 aromatic carbocycles. The molecule has 1 saturated carbocycles. The molecule has 2 amide bonds. The summed E-state index contributed by atoms with van der Waals surface area (Å²) >= 11 is 0. The highest BCUT2D eigenvalue weighted by atomic mass is 16.6. The smallest absolute Gasteiger partial charge is 0.313 e. The monoisotopic (exact) mass is 372 g/mol. The van der Waals surface area contributed by atoms with Crippen LogP contribution in [-0.2, 0) is 15.2 Å². The number of rotatable bonds is 5. The molecule has 2 aliphatic rings. The first-order chi connectivity index (χ1) is 13.1. The van der Waals surface area contributed by atoms with Gasteiger partial charge in [-0.05, 0) is 43.0 Å². The second kappa shape index (κ2) is 6.96. The lowest BCUT2D eigenvalue weighted by atomic mass is 9.94. The number of furan rings is 1. The minimum Gasteiger partial charge on any atom is -0.486 e. The lowest BCUT2D eigenvalue weighted by Gasteiger charge is -2.26. The molecule has 4 rings (SSSR count). The molecule has 8 heteroatoms. The van der Waals surface area contributed by atoms with E-state index in [0.717, 1.165) is 12.8 Å². The Morgan fingerprint density at radius 3 is 2.59 bits per heavy atom. The number of hydrogen-bond acceptors (Lipinski definition) is 6. The molecule has 142 valence electrons. The maximum Gasteiger partial charge on any atom is 0.313 e. The lowest BCUT2D eigenvalue weighted by Crippen LogP contribution is -2.45. The Kier molecular flexibility index (Phi) is 4.49. The van der Waals surface area contributed by atoms with Crippen LogP contribution in [0.2, 0.25) is 0 Å². The highest BCUT2D eigenvalue weighted by Gasteiger charge is 2.47. The molecule has 27 heavy (non-hydrogen) atoms. The first-order valence-corrected chi connectivity index (χ1v) is 8.81. The van der Waals surface area contributed by atoms with Crippen LogP contribution in [0.1, 0.15) is 18.6 Å². The zero-order valence-electron chi connectivity index (χ0n) is 14.6. The molecule has 1 aliphatic carbocycles. The van der Waals surface area contributed by atoms with Crippen molar-refractivity contribution in [2.75, 3.05) is 25.1 Å². The van der Waals surface area contributed by atoms with E-state index in [1.54, 1.807) is 30.3 Å². The van der Waals surface area contributed by atoms with Crippen LogP contribution in [0.4, 0.5) is 5.69 Å². The average molecular weight is 372 g/mol. The zero-order chi connectivity index (χ0) is 18.9. The molecule has 2 aromatic rings. The summed E-state index contributed by atoms with van der Waals surface area (Å²) in [6.45, 7) is 0.802. The van der Waals surface area contributed by atoms with E-state index in [2.05, 4.69) is 10.6 Å². The van der Waals surface area contributed by atoms with Gasteiger partial charge < -0.3 is 29.6 Å². The number of carbonyl (C=O) groups is 2. The van der Waals surface area contributed by atoms with Gasteiger partial charge in [0.2, 0.25) is 0 Å². The van der Waals surface area contributed by atoms with Crippen molar-refractivity contribution in [2.24, 2.45) is 5.92 Å². The van der Waals surface area contributed by atoms with Gasteiger partial charge in [-0.25, -0.2) is 0 Å². The van der Waals surface area contributed by atoms with Gasteiger partial charge in [0.05, 0.1) is 12.8 Å². The van der Waals surface area contributed by atoms with Gasteiger partial charge in [-0.2, -0.15) is 0 Å². The van der Waals surface area contributed by atoms with Crippen LogP contribution in [0, 0.1) is 5.92 Å². The number of amides is 2. The Bertz CT molecular complexity index is 846. The standard InChI is InChI=1S/C19H20N2O6/c22-17(20-11-19(24,12-3-4-12)16-2-1-7-27-16)18(23)21-13-5-6-14-15(10-13)26-9-8-25-14/h1-2,5-7,10,12,24H,3-4,8-9,11H2,(H,20,22)(H,21,23). The van der Waals surface area contributed by atoms with Crippen LogP contribution in [0.25, 0.3) is 0 Å². The maximum absolute atomic E-state index is 12.2. The van der Waals surface area contributed by atoms with E-state index < -0.39 is 17.4 Å². The molecule has 1 unspecified atom stereocenters. The van der Waals surface area contributed by atoms with Gasteiger partial charge in [0.25, 0.3) is 0 Å². The summed E-state index contributed by atoms with van der Waals surface area (Å²) in [6, 6.07) is 8.24. The number of anilines is 1. The first kappa shape index (κ1) is 17.4. The number of aliphatic hydroxyl groups is 1. The number of nitrogens with one attached hydrogen (secondary N) is 2. The molecule has 0 saturated heterocycles. The SMILES string of the molecule is O=C(NCC(O)(c1ccco1)C1CC1)C(=O)Nc1ccc2c(c1)OCCO2. The van der Waals surface area contributed by atoms with Crippen molar-refractivity contribution in [3.8, 4) is 11.5 Å². The Morgan fingerprint density at radius 1 is 1.11 bits per heavy atom. The third-order valence-corrected chi connectivity index (χ3v) is 4.73. The highest BCUT2D eigenvalue weighted by Crippen LogP contribution is 2.45. The maximum atomic E-state index is 12.2. The van der Waals surface area contributed by atoms with Crippen molar-refractivity contribution in [1.29, 1.82) is 0 Å². The van der Waals surface area contributed by atoms with Gasteiger partial charge in [-0.15, -0.1) is 0 Å². The van der Waals surface area contributed by atoms with E-state index in [4.69, 9.17) is 13.9 Å². The Morgan fingerprint density at radius 2 is 1.89 bits per heavy atom. The zero-order valence-corrected chi connectivity index (χ0v) is 14.6. The fourth-order valence-corrected chi connectivity index (χ4v) is 3.12. The topological polar surface area (TPSA) is 110 Å². The highest BCUT2D eigenvalue weighted by molar-refractivity contribution is 6.39. The van der Waals surface area contributed by atoms with E-state index >= 15 is 0 Å². The Hall–Kier alpha value is -3.00. The van der Waals surface area contributed by atoms with Crippen molar-refractivity contribution < 1.29 is 28.6 Å². The van der Waals surface area contributed by atoms with E-state index in [9.17, 15) is 14.7 Å². The predicted molar refractivity (Wildman–Crippen MR) is 94.4 cm³/mol. The van der Waals surface area contributed by atoms with Crippen LogP contribution in [0.3, 0.4) is 0 Å². The summed E-state index contributed by atoms with van der Waals surface area (Å²) in [4.78, 5) is 24.3. The fraction of sp³-hybridized carbons (Fsp3) is 0.368. The van der Waals surface area contributed by atoms with Gasteiger partial charge in [0.15, 0.2) is 11.5 Å². The second-order valence-corrected chi connectivity index (χ2v) is 6.67. The number of ether oxygens (including phenoxy) is 2. The Balaban J connectivity index is 1.37. The fourth-order valence-electron chi connectivity index (χ4n) is 3.12. The minimum atomic E-state index is -1.31. The first-order valence-electron chi connectivity index (χ1n) is 8.81. The second-order valence-electron chi connectivity index (χ2n) is 6.67. The molecule has 1 atom stereocenters. The number of benzene rings is 1. The molecule has 1 fully saturated rings. The molecule has 1 aliphatic heterocycles. The minimum absolute atomic E-state index is 0.00445. The van der Waals surface area contributed by atoms with Gasteiger partial charge in [0, 0.05) is 11.8 Å². The Labute approximate surface area is 155 Å². The van der Waals surface area contributed by atoms with Gasteiger partial charge in [-0.1, -0.05) is 0 Å². The van der Waals surface area contributed by atoms with Crippen molar-refractivity contribution in [3.05, 3.63) is 42.4 Å². The van der Waals surface area contributed by atoms with Crippen molar-refractivity contribution in [1.82, 2.24) is 5.32 Å². The van der Waals surface area contributed by atoms with Crippen LogP contribution < -0.4 is 20.1 Å². The van der Waals surface area contributed by atoms with E-state index in [-0.39, 0.29) is 12.5 Å². The quantitative estimate of drug-likeness (QED) is 0.685. The molecule has 8 nitrogen and oxygen atoms in total. The molecule has 2 heterocycles. The summed E-state index contributed by atoms with van der Waals surface area (Å²) in [5, 5.41) is 15.9. The van der Waals surface area contributed by atoms with Gasteiger partial charge >= 0.3 is 11.8 Å². The number of hydrogen-bond donors (Lipinski definition) is 3. The van der Waals surface area contributed by atoms with Crippen LogP contribution in [0.5, 0.6) is 11.5 Å². The lowest BCUT2D eigenvalue weighted by molar-refractivity contribution is -0.137. The molecular formula is C19H20N2O6. The predicted octanol–water partition coefficient (Wildman–Crippen LogP) is 1.40. The molecular weight excluding hydrogens is 352 g/mol. The van der Waals surface area contributed by atoms with Crippen LogP contribution in [0.15, 0.2) is 41.0 Å². The average Bonchev–Trinajstić information content (AvgIpc) is 3.40. The summed E-state index contributed by atoms with van der Waals surface area (Å²) in [7, 11) is 0. The van der Waals surface area contributed by atoms with E-state index in [0.29, 0.717) is 36.2 Å². The summed E-state index contributed by atoms with van der Waals surface area (Å²) in [5.74, 6) is -0.167. The van der Waals surface area contributed by atoms with E-state index in [1.165, 1.54) is 6.26 Å². The normalized spacial score (nSPS) is 17.7. The van der Waals surface area contributed by atoms with Crippen molar-refractivity contribution >= 4 is 17.5 Å². The largest absolute Gasteiger partial charge is 0.486 e. The van der Waals surface area contributed by atoms with Crippen LogP contribution in [-0.4, -0.2) is 36.7 Å². The molecule has 0 bridgehead atoms. The molecule has 0 spiro atoms. The summed E-state index contributed by atoms with van der Waals surface area (Å²) < 4.78 is 16.2. The van der Waals surface area contributed by atoms with Gasteiger partial charge in [0.1, 0.15) is 24.6 Å². The van der Waals surface area contributed by atoms with Crippen molar-refractivity contribution in [3.63, 3.8) is 0 Å². The van der Waals surface area contributed by atoms with Gasteiger partial charge in [-0.3, -0.25) is 9.59 Å².